The molecular formula is C26H28F2N4O5Si. The predicted octanol–water partition coefficient (Wildman–Crippen LogP) is 5.55. The third-order valence-corrected chi connectivity index (χ3v) is 6.70. The second-order valence-corrected chi connectivity index (χ2v) is 15.1. The van der Waals surface area contributed by atoms with E-state index >= 15 is 0 Å². The number of amides is 3. The summed E-state index contributed by atoms with van der Waals surface area (Å²) in [5.74, 6) is -2.26. The third-order valence-electron chi connectivity index (χ3n) is 4.95. The van der Waals surface area contributed by atoms with E-state index in [1.165, 1.54) is 54.7 Å². The number of carbonyl (C=O) groups is 3. The van der Waals surface area contributed by atoms with Crippen LogP contribution in [0.2, 0.25) is 25.7 Å². The average molecular weight is 543 g/mol. The van der Waals surface area contributed by atoms with Gasteiger partial charge in [0.1, 0.15) is 29.6 Å². The first-order valence-electron chi connectivity index (χ1n) is 11.7. The highest BCUT2D eigenvalue weighted by Gasteiger charge is 2.15. The maximum absolute atomic E-state index is 14.6. The standard InChI is InChI=1S/C26H28F2N4O5Si/c1-38(2,3)13-12-30-26(35)37-25-15-20(10-11-29-25)36-19-8-9-22(21(28)14-19)32-24(34)16-23(33)31-18-6-4-17(27)5-7-18/h4-11,14-15H,12-13,16H2,1-3H3,(H,30,35)(H,31,33)(H,32,34). The highest BCUT2D eigenvalue weighted by molar-refractivity contribution is 6.76. The number of ether oxygens (including phenoxy) is 2. The van der Waals surface area contributed by atoms with E-state index in [2.05, 4.69) is 40.6 Å². The van der Waals surface area contributed by atoms with Gasteiger partial charge in [0.2, 0.25) is 17.7 Å². The molecule has 0 fully saturated rings. The highest BCUT2D eigenvalue weighted by Crippen LogP contribution is 2.27. The maximum atomic E-state index is 14.6. The van der Waals surface area contributed by atoms with Crippen LogP contribution in [0.25, 0.3) is 0 Å². The number of nitrogens with one attached hydrogen (secondary N) is 3. The Kier molecular flexibility index (Phi) is 9.49. The minimum absolute atomic E-state index is 0.0104. The van der Waals surface area contributed by atoms with Gasteiger partial charge in [-0.05, 0) is 48.5 Å². The summed E-state index contributed by atoms with van der Waals surface area (Å²) in [6.45, 7) is 7.10. The lowest BCUT2D eigenvalue weighted by atomic mass is 10.2. The molecule has 200 valence electrons. The van der Waals surface area contributed by atoms with E-state index in [0.29, 0.717) is 12.2 Å². The molecule has 0 spiro atoms. The second-order valence-electron chi connectivity index (χ2n) is 9.48. The van der Waals surface area contributed by atoms with Gasteiger partial charge in [0, 0.05) is 38.6 Å². The molecule has 9 nitrogen and oxygen atoms in total. The zero-order valence-electron chi connectivity index (χ0n) is 21.1. The monoisotopic (exact) mass is 542 g/mol. The fourth-order valence-electron chi connectivity index (χ4n) is 3.06. The lowest BCUT2D eigenvalue weighted by molar-refractivity contribution is -0.123. The number of aromatic nitrogens is 1. The molecule has 0 saturated heterocycles. The Bertz CT molecular complexity index is 1300. The first-order valence-corrected chi connectivity index (χ1v) is 15.4. The fourth-order valence-corrected chi connectivity index (χ4v) is 3.93. The summed E-state index contributed by atoms with van der Waals surface area (Å²) in [6, 6.07) is 12.6. The lowest BCUT2D eigenvalue weighted by Crippen LogP contribution is -2.32. The van der Waals surface area contributed by atoms with Crippen LogP contribution in [-0.2, 0) is 9.59 Å². The van der Waals surface area contributed by atoms with Crippen molar-refractivity contribution in [3.05, 3.63) is 72.4 Å². The number of nitrogens with zero attached hydrogens (tertiary/aromatic N) is 1. The number of anilines is 2. The summed E-state index contributed by atoms with van der Waals surface area (Å²) in [7, 11) is -1.30. The minimum Gasteiger partial charge on any atom is -0.457 e. The van der Waals surface area contributed by atoms with Gasteiger partial charge < -0.3 is 25.4 Å². The van der Waals surface area contributed by atoms with E-state index < -0.39 is 44.0 Å². The second kappa shape index (κ2) is 12.8. The van der Waals surface area contributed by atoms with Gasteiger partial charge >= 0.3 is 6.09 Å². The zero-order chi connectivity index (χ0) is 27.7. The van der Waals surface area contributed by atoms with Crippen LogP contribution in [0, 0.1) is 11.6 Å². The van der Waals surface area contributed by atoms with Gasteiger partial charge in [-0.2, -0.15) is 0 Å². The van der Waals surface area contributed by atoms with Crippen LogP contribution in [-0.4, -0.2) is 37.5 Å². The lowest BCUT2D eigenvalue weighted by Gasteiger charge is -2.15. The molecule has 2 aromatic carbocycles. The molecule has 3 rings (SSSR count). The minimum atomic E-state index is -1.30. The van der Waals surface area contributed by atoms with Crippen LogP contribution < -0.4 is 25.4 Å². The summed E-state index contributed by atoms with van der Waals surface area (Å²) in [4.78, 5) is 40.1. The summed E-state index contributed by atoms with van der Waals surface area (Å²) < 4.78 is 38.3. The largest absolute Gasteiger partial charge is 0.457 e. The van der Waals surface area contributed by atoms with Gasteiger partial charge in [-0.1, -0.05) is 19.6 Å². The molecule has 0 atom stereocenters. The molecule has 12 heteroatoms. The molecule has 1 aromatic heterocycles. The van der Waals surface area contributed by atoms with E-state index in [9.17, 15) is 23.2 Å². The Balaban J connectivity index is 1.52. The summed E-state index contributed by atoms with van der Waals surface area (Å²) >= 11 is 0. The van der Waals surface area contributed by atoms with Gasteiger partial charge in [0.25, 0.3) is 0 Å². The molecule has 0 saturated carbocycles. The Labute approximate surface area is 219 Å². The molecule has 0 radical (unpaired) electrons. The van der Waals surface area contributed by atoms with Crippen LogP contribution in [0.4, 0.5) is 25.0 Å². The number of rotatable bonds is 10. The smallest absolute Gasteiger partial charge is 0.413 e. The van der Waals surface area contributed by atoms with Crippen LogP contribution in [0.15, 0.2) is 60.8 Å². The molecule has 38 heavy (non-hydrogen) atoms. The number of carbonyl (C=O) groups excluding carboxylic acids is 3. The molecule has 3 amide bonds. The fraction of sp³-hybridized carbons (Fsp3) is 0.231. The van der Waals surface area contributed by atoms with Gasteiger partial charge in [0.05, 0.1) is 5.69 Å². The highest BCUT2D eigenvalue weighted by atomic mass is 28.3. The molecule has 0 aliphatic heterocycles. The summed E-state index contributed by atoms with van der Waals surface area (Å²) in [6.07, 6.45) is 0.174. The van der Waals surface area contributed by atoms with Crippen molar-refractivity contribution in [1.29, 1.82) is 0 Å². The number of pyridine rings is 1. The first-order chi connectivity index (χ1) is 18.0. The van der Waals surface area contributed by atoms with Crippen LogP contribution in [0.3, 0.4) is 0 Å². The van der Waals surface area contributed by atoms with Crippen molar-refractivity contribution in [2.24, 2.45) is 0 Å². The van der Waals surface area contributed by atoms with Crippen molar-refractivity contribution in [1.82, 2.24) is 10.3 Å². The first kappa shape index (κ1) is 28.3. The Morgan fingerprint density at radius 3 is 2.26 bits per heavy atom. The Hall–Kier alpha value is -4.32. The summed E-state index contributed by atoms with van der Waals surface area (Å²) in [5, 5.41) is 7.45. The molecule has 3 N–H and O–H groups in total. The Morgan fingerprint density at radius 2 is 1.58 bits per heavy atom. The van der Waals surface area contributed by atoms with E-state index in [1.54, 1.807) is 0 Å². The molecule has 0 bridgehead atoms. The maximum Gasteiger partial charge on any atom is 0.413 e. The predicted molar refractivity (Wildman–Crippen MR) is 141 cm³/mol. The van der Waals surface area contributed by atoms with Gasteiger partial charge in [-0.15, -0.1) is 0 Å². The zero-order valence-corrected chi connectivity index (χ0v) is 22.1. The number of hydrogen-bond acceptors (Lipinski definition) is 6. The van der Waals surface area contributed by atoms with Crippen molar-refractivity contribution in [2.45, 2.75) is 32.1 Å². The van der Waals surface area contributed by atoms with Crippen molar-refractivity contribution >= 4 is 37.4 Å². The SMILES string of the molecule is C[Si](C)(C)CCNC(=O)Oc1cc(Oc2ccc(NC(=O)CC(=O)Nc3ccc(F)cc3)c(F)c2)ccn1. The van der Waals surface area contributed by atoms with Crippen LogP contribution in [0.1, 0.15) is 6.42 Å². The molecule has 0 unspecified atom stereocenters. The van der Waals surface area contributed by atoms with E-state index in [-0.39, 0.29) is 23.1 Å². The molecule has 0 aliphatic carbocycles. The topological polar surface area (TPSA) is 119 Å². The average Bonchev–Trinajstić information content (AvgIpc) is 2.81. The normalized spacial score (nSPS) is 10.9. The van der Waals surface area contributed by atoms with Crippen molar-refractivity contribution < 1.29 is 32.6 Å². The van der Waals surface area contributed by atoms with Gasteiger partial charge in [-0.25, -0.2) is 18.6 Å². The summed E-state index contributed by atoms with van der Waals surface area (Å²) in [5.41, 5.74) is 0.176. The van der Waals surface area contributed by atoms with Gasteiger partial charge in [-0.3, -0.25) is 9.59 Å². The third kappa shape index (κ3) is 9.62. The van der Waals surface area contributed by atoms with E-state index in [0.717, 1.165) is 12.1 Å². The quantitative estimate of drug-likeness (QED) is 0.228. The molecule has 0 aliphatic rings. The van der Waals surface area contributed by atoms with E-state index in [4.69, 9.17) is 9.47 Å². The van der Waals surface area contributed by atoms with Gasteiger partial charge in [0.15, 0.2) is 0 Å². The molecular weight excluding hydrogens is 514 g/mol. The van der Waals surface area contributed by atoms with Crippen molar-refractivity contribution in [3.8, 4) is 17.4 Å². The number of hydrogen-bond donors (Lipinski definition) is 3. The van der Waals surface area contributed by atoms with Crippen LogP contribution >= 0.6 is 0 Å². The van der Waals surface area contributed by atoms with E-state index in [1.807, 2.05) is 0 Å². The Morgan fingerprint density at radius 1 is 0.895 bits per heavy atom. The molecule has 1 heterocycles. The number of benzene rings is 2. The van der Waals surface area contributed by atoms with Crippen molar-refractivity contribution in [3.63, 3.8) is 0 Å². The number of halogens is 2. The van der Waals surface area contributed by atoms with Crippen LogP contribution in [0.5, 0.6) is 17.4 Å². The van der Waals surface area contributed by atoms with Crippen molar-refractivity contribution in [2.75, 3.05) is 17.2 Å². The molecule has 3 aromatic rings.